The molecule has 2 aromatic carbocycles. The summed E-state index contributed by atoms with van der Waals surface area (Å²) in [6.07, 6.45) is 3.33. The number of piperazine rings is 1. The van der Waals surface area contributed by atoms with Crippen LogP contribution < -0.4 is 10.1 Å². The van der Waals surface area contributed by atoms with Crippen molar-refractivity contribution in [1.29, 1.82) is 0 Å². The van der Waals surface area contributed by atoms with E-state index in [0.29, 0.717) is 44.0 Å². The van der Waals surface area contributed by atoms with E-state index in [1.165, 1.54) is 4.90 Å². The summed E-state index contributed by atoms with van der Waals surface area (Å²) in [7, 11) is 0. The molecule has 7 heteroatoms. The Kier molecular flexibility index (Phi) is 9.30. The molecule has 1 aliphatic heterocycles. The molecule has 0 bridgehead atoms. The first kappa shape index (κ1) is 24.3. The van der Waals surface area contributed by atoms with Crippen LogP contribution in [0.1, 0.15) is 48.5 Å². The maximum Gasteiger partial charge on any atom is 0.308 e. The van der Waals surface area contributed by atoms with Crippen LogP contribution in [0, 0.1) is 0 Å². The van der Waals surface area contributed by atoms with Gasteiger partial charge in [0.15, 0.2) is 0 Å². The van der Waals surface area contributed by atoms with Crippen LogP contribution in [-0.4, -0.2) is 55.0 Å². The average Bonchev–Trinajstić information content (AvgIpc) is 2.84. The third-order valence-corrected chi connectivity index (χ3v) is 5.57. The highest BCUT2D eigenvalue weighted by Crippen LogP contribution is 2.23. The lowest BCUT2D eigenvalue weighted by Crippen LogP contribution is -2.57. The number of rotatable bonds is 11. The van der Waals surface area contributed by atoms with Crippen LogP contribution in [0.15, 0.2) is 54.6 Å². The van der Waals surface area contributed by atoms with Crippen LogP contribution in [0.3, 0.4) is 0 Å². The third-order valence-electron chi connectivity index (χ3n) is 5.57. The van der Waals surface area contributed by atoms with E-state index in [0.717, 1.165) is 24.8 Å². The number of para-hydroxylation sites is 1. The number of unbranched alkanes of at least 4 members (excludes halogenated alkanes) is 2. The van der Waals surface area contributed by atoms with Gasteiger partial charge < -0.3 is 19.7 Å². The molecule has 0 spiro atoms. The van der Waals surface area contributed by atoms with Gasteiger partial charge in [-0.05, 0) is 24.1 Å². The van der Waals surface area contributed by atoms with Gasteiger partial charge in [0.25, 0.3) is 5.91 Å². The summed E-state index contributed by atoms with van der Waals surface area (Å²) in [4.78, 5) is 39.7. The molecule has 0 radical (unpaired) electrons. The van der Waals surface area contributed by atoms with Crippen LogP contribution in [0.4, 0.5) is 0 Å². The Balaban J connectivity index is 1.66. The second kappa shape index (κ2) is 12.6. The summed E-state index contributed by atoms with van der Waals surface area (Å²) in [5.41, 5.74) is 1.52. The van der Waals surface area contributed by atoms with Crippen molar-refractivity contribution in [1.82, 2.24) is 10.2 Å². The van der Waals surface area contributed by atoms with Gasteiger partial charge in [-0.2, -0.15) is 0 Å². The van der Waals surface area contributed by atoms with Crippen LogP contribution >= 0.6 is 0 Å². The zero-order valence-corrected chi connectivity index (χ0v) is 19.1. The number of carbonyl (C=O) groups is 3. The Morgan fingerprint density at radius 1 is 1.03 bits per heavy atom. The fraction of sp³-hybridized carbons (Fsp3) is 0.423. The standard InChI is InChI=1S/C26H32N2O5/c1-2-3-9-17-33-24(29)19-22-25(30)27-15-16-28(22)26(31)21-12-7-8-13-23(21)32-18-14-20-10-5-4-6-11-20/h4-8,10-13,22H,2-3,9,14-19H2,1H3,(H,27,30). The fourth-order valence-corrected chi connectivity index (χ4v) is 3.76. The fourth-order valence-electron chi connectivity index (χ4n) is 3.76. The molecule has 2 amide bonds. The number of nitrogens with one attached hydrogen (secondary N) is 1. The second-order valence-electron chi connectivity index (χ2n) is 8.02. The summed E-state index contributed by atoms with van der Waals surface area (Å²) in [5, 5.41) is 2.75. The third kappa shape index (κ3) is 7.07. The van der Waals surface area contributed by atoms with E-state index in [-0.39, 0.29) is 18.2 Å². The number of carbonyl (C=O) groups excluding carboxylic acids is 3. The van der Waals surface area contributed by atoms with E-state index < -0.39 is 12.0 Å². The molecule has 0 saturated carbocycles. The molecule has 7 nitrogen and oxygen atoms in total. The largest absolute Gasteiger partial charge is 0.492 e. The Morgan fingerprint density at radius 3 is 2.58 bits per heavy atom. The van der Waals surface area contributed by atoms with Crippen molar-refractivity contribution in [3.8, 4) is 5.75 Å². The van der Waals surface area contributed by atoms with Gasteiger partial charge >= 0.3 is 5.97 Å². The van der Waals surface area contributed by atoms with Crippen molar-refractivity contribution in [2.24, 2.45) is 0 Å². The molecule has 0 aliphatic carbocycles. The lowest BCUT2D eigenvalue weighted by molar-refractivity contribution is -0.147. The highest BCUT2D eigenvalue weighted by atomic mass is 16.5. The summed E-state index contributed by atoms with van der Waals surface area (Å²) < 4.78 is 11.2. The van der Waals surface area contributed by atoms with E-state index >= 15 is 0 Å². The number of amides is 2. The van der Waals surface area contributed by atoms with Gasteiger partial charge in [-0.15, -0.1) is 0 Å². The summed E-state index contributed by atoms with van der Waals surface area (Å²) >= 11 is 0. The number of hydrogen-bond acceptors (Lipinski definition) is 5. The topological polar surface area (TPSA) is 84.9 Å². The number of hydrogen-bond donors (Lipinski definition) is 1. The predicted molar refractivity (Wildman–Crippen MR) is 125 cm³/mol. The first-order chi connectivity index (χ1) is 16.1. The molecule has 1 aliphatic rings. The van der Waals surface area contributed by atoms with Crippen molar-refractivity contribution >= 4 is 17.8 Å². The molecule has 1 N–H and O–H groups in total. The van der Waals surface area contributed by atoms with Gasteiger partial charge in [0, 0.05) is 19.5 Å². The zero-order valence-electron chi connectivity index (χ0n) is 19.1. The van der Waals surface area contributed by atoms with E-state index in [4.69, 9.17) is 9.47 Å². The Bertz CT molecular complexity index is 931. The minimum atomic E-state index is -0.901. The van der Waals surface area contributed by atoms with Gasteiger partial charge in [-0.1, -0.05) is 62.2 Å². The maximum atomic E-state index is 13.4. The average molecular weight is 453 g/mol. The molecule has 1 heterocycles. The molecule has 2 aromatic rings. The van der Waals surface area contributed by atoms with E-state index in [1.54, 1.807) is 18.2 Å². The molecule has 176 valence electrons. The SMILES string of the molecule is CCCCCOC(=O)CC1C(=O)NCCN1C(=O)c1ccccc1OCCc1ccccc1. The van der Waals surface area contributed by atoms with Gasteiger partial charge in [0.1, 0.15) is 11.8 Å². The quantitative estimate of drug-likeness (QED) is 0.417. The lowest BCUT2D eigenvalue weighted by atomic mass is 10.1. The van der Waals surface area contributed by atoms with E-state index in [1.807, 2.05) is 36.4 Å². The normalized spacial score (nSPS) is 15.6. The van der Waals surface area contributed by atoms with Crippen LogP contribution in [-0.2, 0) is 20.7 Å². The molecular weight excluding hydrogens is 420 g/mol. The molecule has 0 aromatic heterocycles. The summed E-state index contributed by atoms with van der Waals surface area (Å²) in [6.45, 7) is 3.47. The number of benzene rings is 2. The number of ether oxygens (including phenoxy) is 2. The predicted octanol–water partition coefficient (Wildman–Crippen LogP) is 3.37. The Morgan fingerprint density at radius 2 is 1.79 bits per heavy atom. The lowest BCUT2D eigenvalue weighted by Gasteiger charge is -2.34. The zero-order chi connectivity index (χ0) is 23.5. The molecular formula is C26H32N2O5. The number of esters is 1. The highest BCUT2D eigenvalue weighted by molar-refractivity contribution is 6.01. The smallest absolute Gasteiger partial charge is 0.308 e. The summed E-state index contributed by atoms with van der Waals surface area (Å²) in [6, 6.07) is 16.1. The van der Waals surface area contributed by atoms with Crippen molar-refractivity contribution in [2.75, 3.05) is 26.3 Å². The van der Waals surface area contributed by atoms with E-state index in [9.17, 15) is 14.4 Å². The van der Waals surface area contributed by atoms with Crippen molar-refractivity contribution in [3.05, 3.63) is 65.7 Å². The second-order valence-corrected chi connectivity index (χ2v) is 8.02. The molecule has 1 unspecified atom stereocenters. The molecule has 1 fully saturated rings. The van der Waals surface area contributed by atoms with Gasteiger partial charge in [-0.3, -0.25) is 14.4 Å². The van der Waals surface area contributed by atoms with Crippen LogP contribution in [0.5, 0.6) is 5.75 Å². The number of nitrogens with zero attached hydrogens (tertiary/aromatic N) is 1. The molecule has 1 saturated heterocycles. The van der Waals surface area contributed by atoms with Crippen molar-refractivity contribution < 1.29 is 23.9 Å². The maximum absolute atomic E-state index is 13.4. The van der Waals surface area contributed by atoms with Gasteiger partial charge in [-0.25, -0.2) is 0 Å². The first-order valence-corrected chi connectivity index (χ1v) is 11.6. The van der Waals surface area contributed by atoms with Gasteiger partial charge in [0.05, 0.1) is 25.2 Å². The van der Waals surface area contributed by atoms with Crippen molar-refractivity contribution in [2.45, 2.75) is 45.1 Å². The van der Waals surface area contributed by atoms with Crippen LogP contribution in [0.25, 0.3) is 0 Å². The molecule has 33 heavy (non-hydrogen) atoms. The van der Waals surface area contributed by atoms with Crippen LogP contribution in [0.2, 0.25) is 0 Å². The molecule has 1 atom stereocenters. The monoisotopic (exact) mass is 452 g/mol. The minimum Gasteiger partial charge on any atom is -0.492 e. The van der Waals surface area contributed by atoms with E-state index in [2.05, 4.69) is 12.2 Å². The Hall–Kier alpha value is -3.35. The van der Waals surface area contributed by atoms with Gasteiger partial charge in [0.2, 0.25) is 5.91 Å². The Labute approximate surface area is 195 Å². The first-order valence-electron chi connectivity index (χ1n) is 11.6. The summed E-state index contributed by atoms with van der Waals surface area (Å²) in [5.74, 6) is -0.685. The molecule has 3 rings (SSSR count). The highest BCUT2D eigenvalue weighted by Gasteiger charge is 2.36. The van der Waals surface area contributed by atoms with Crippen molar-refractivity contribution in [3.63, 3.8) is 0 Å². The minimum absolute atomic E-state index is 0.166.